The third-order valence-electron chi connectivity index (χ3n) is 2.30. The van der Waals surface area contributed by atoms with Gasteiger partial charge in [-0.15, -0.1) is 0 Å². The summed E-state index contributed by atoms with van der Waals surface area (Å²) < 4.78 is 18.6. The largest absolute Gasteiger partial charge is 0.378 e. The Labute approximate surface area is 82.3 Å². The summed E-state index contributed by atoms with van der Waals surface area (Å²) in [7, 11) is 0. The number of aromatic nitrogens is 1. The molecule has 0 bridgehead atoms. The SMILES string of the molecule is Cc1cnc(F)c([C@H]2COCCN2)c1. The van der Waals surface area contributed by atoms with Crippen molar-refractivity contribution in [3.8, 4) is 0 Å². The molecule has 1 aromatic rings. The van der Waals surface area contributed by atoms with Crippen molar-refractivity contribution in [1.82, 2.24) is 10.3 Å². The summed E-state index contributed by atoms with van der Waals surface area (Å²) in [6, 6.07) is 1.76. The fourth-order valence-corrected chi connectivity index (χ4v) is 1.58. The molecule has 0 saturated carbocycles. The zero-order valence-electron chi connectivity index (χ0n) is 8.09. The zero-order valence-corrected chi connectivity index (χ0v) is 8.09. The third-order valence-corrected chi connectivity index (χ3v) is 2.30. The van der Waals surface area contributed by atoms with Crippen LogP contribution in [-0.2, 0) is 4.74 Å². The average Bonchev–Trinajstić information content (AvgIpc) is 2.23. The van der Waals surface area contributed by atoms with Gasteiger partial charge in [0.25, 0.3) is 0 Å². The monoisotopic (exact) mass is 196 g/mol. The summed E-state index contributed by atoms with van der Waals surface area (Å²) in [4.78, 5) is 3.69. The Morgan fingerprint density at radius 1 is 1.64 bits per heavy atom. The van der Waals surface area contributed by atoms with Crippen molar-refractivity contribution < 1.29 is 9.13 Å². The van der Waals surface area contributed by atoms with E-state index in [1.165, 1.54) is 6.20 Å². The lowest BCUT2D eigenvalue weighted by atomic mass is 10.1. The molecule has 14 heavy (non-hydrogen) atoms. The van der Waals surface area contributed by atoms with Crippen molar-refractivity contribution >= 4 is 0 Å². The van der Waals surface area contributed by atoms with Crippen molar-refractivity contribution in [2.75, 3.05) is 19.8 Å². The standard InChI is InChI=1S/C10H13FN2O/c1-7-4-8(10(11)13-5-7)9-6-14-3-2-12-9/h4-5,9,12H,2-3,6H2,1H3/t9-/m1/s1. The minimum Gasteiger partial charge on any atom is -0.378 e. The van der Waals surface area contributed by atoms with Crippen LogP contribution in [0.4, 0.5) is 4.39 Å². The van der Waals surface area contributed by atoms with Gasteiger partial charge in [-0.05, 0) is 18.6 Å². The number of ether oxygens (including phenoxy) is 1. The second-order valence-corrected chi connectivity index (χ2v) is 3.47. The Morgan fingerprint density at radius 2 is 2.50 bits per heavy atom. The molecule has 1 aliphatic rings. The molecule has 1 aliphatic heterocycles. The van der Waals surface area contributed by atoms with Crippen molar-refractivity contribution in [2.24, 2.45) is 0 Å². The molecular weight excluding hydrogens is 183 g/mol. The summed E-state index contributed by atoms with van der Waals surface area (Å²) in [5, 5.41) is 3.20. The molecule has 1 fully saturated rings. The quantitative estimate of drug-likeness (QED) is 0.685. The van der Waals surface area contributed by atoms with Crippen LogP contribution in [0.5, 0.6) is 0 Å². The Morgan fingerprint density at radius 3 is 3.21 bits per heavy atom. The number of halogens is 1. The third kappa shape index (κ3) is 1.91. The Balaban J connectivity index is 2.24. The topological polar surface area (TPSA) is 34.1 Å². The smallest absolute Gasteiger partial charge is 0.217 e. The van der Waals surface area contributed by atoms with E-state index in [0.717, 1.165) is 12.1 Å². The predicted molar refractivity (Wildman–Crippen MR) is 50.5 cm³/mol. The van der Waals surface area contributed by atoms with E-state index in [1.807, 2.05) is 13.0 Å². The summed E-state index contributed by atoms with van der Waals surface area (Å²) >= 11 is 0. The number of aryl methyl sites for hydroxylation is 1. The number of rotatable bonds is 1. The van der Waals surface area contributed by atoms with Crippen LogP contribution in [0.3, 0.4) is 0 Å². The maximum absolute atomic E-state index is 13.3. The predicted octanol–water partition coefficient (Wildman–Crippen LogP) is 1.19. The number of nitrogens with zero attached hydrogens (tertiary/aromatic N) is 1. The van der Waals surface area contributed by atoms with Crippen LogP contribution in [0.15, 0.2) is 12.3 Å². The van der Waals surface area contributed by atoms with E-state index in [9.17, 15) is 4.39 Å². The van der Waals surface area contributed by atoms with E-state index in [1.54, 1.807) is 0 Å². The molecule has 4 heteroatoms. The Kier molecular flexibility index (Phi) is 2.74. The van der Waals surface area contributed by atoms with Gasteiger partial charge in [0.2, 0.25) is 5.95 Å². The molecule has 2 rings (SSSR count). The van der Waals surface area contributed by atoms with Gasteiger partial charge in [0.15, 0.2) is 0 Å². The molecule has 0 amide bonds. The van der Waals surface area contributed by atoms with E-state index in [-0.39, 0.29) is 6.04 Å². The molecular formula is C10H13FN2O. The molecule has 0 aromatic carbocycles. The number of nitrogens with one attached hydrogen (secondary N) is 1. The lowest BCUT2D eigenvalue weighted by molar-refractivity contribution is 0.0755. The van der Waals surface area contributed by atoms with Crippen molar-refractivity contribution in [3.05, 3.63) is 29.3 Å². The maximum Gasteiger partial charge on any atom is 0.217 e. The summed E-state index contributed by atoms with van der Waals surface area (Å²) in [5.41, 5.74) is 1.57. The molecule has 2 heterocycles. The summed E-state index contributed by atoms with van der Waals surface area (Å²) in [6.07, 6.45) is 1.53. The van der Waals surface area contributed by atoms with Crippen LogP contribution < -0.4 is 5.32 Å². The zero-order chi connectivity index (χ0) is 9.97. The van der Waals surface area contributed by atoms with Gasteiger partial charge in [-0.25, -0.2) is 4.98 Å². The van der Waals surface area contributed by atoms with E-state index < -0.39 is 5.95 Å². The molecule has 0 spiro atoms. The van der Waals surface area contributed by atoms with Gasteiger partial charge in [-0.1, -0.05) is 0 Å². The minimum atomic E-state index is -0.404. The molecule has 0 unspecified atom stereocenters. The molecule has 1 aromatic heterocycles. The number of hydrogen-bond donors (Lipinski definition) is 1. The average molecular weight is 196 g/mol. The van der Waals surface area contributed by atoms with E-state index >= 15 is 0 Å². The molecule has 76 valence electrons. The van der Waals surface area contributed by atoms with Crippen LogP contribution in [0.25, 0.3) is 0 Å². The molecule has 0 radical (unpaired) electrons. The first kappa shape index (κ1) is 9.55. The molecule has 1 atom stereocenters. The normalized spacial score (nSPS) is 22.3. The summed E-state index contributed by atoms with van der Waals surface area (Å²) in [5.74, 6) is -0.404. The lowest BCUT2D eigenvalue weighted by Crippen LogP contribution is -2.35. The van der Waals surface area contributed by atoms with Crippen LogP contribution in [0.1, 0.15) is 17.2 Å². The second-order valence-electron chi connectivity index (χ2n) is 3.47. The first-order valence-electron chi connectivity index (χ1n) is 4.70. The highest BCUT2D eigenvalue weighted by atomic mass is 19.1. The van der Waals surface area contributed by atoms with Crippen molar-refractivity contribution in [2.45, 2.75) is 13.0 Å². The van der Waals surface area contributed by atoms with E-state index in [0.29, 0.717) is 18.8 Å². The van der Waals surface area contributed by atoms with Crippen molar-refractivity contribution in [1.29, 1.82) is 0 Å². The Hall–Kier alpha value is -1.00. The fraction of sp³-hybridized carbons (Fsp3) is 0.500. The highest BCUT2D eigenvalue weighted by Crippen LogP contribution is 2.18. The fourth-order valence-electron chi connectivity index (χ4n) is 1.58. The molecule has 3 nitrogen and oxygen atoms in total. The van der Waals surface area contributed by atoms with Gasteiger partial charge in [-0.2, -0.15) is 4.39 Å². The lowest BCUT2D eigenvalue weighted by Gasteiger charge is -2.24. The van der Waals surface area contributed by atoms with Gasteiger partial charge in [0, 0.05) is 18.3 Å². The highest BCUT2D eigenvalue weighted by Gasteiger charge is 2.19. The van der Waals surface area contributed by atoms with Gasteiger partial charge >= 0.3 is 0 Å². The molecule has 1 saturated heterocycles. The summed E-state index contributed by atoms with van der Waals surface area (Å²) in [6.45, 7) is 3.87. The van der Waals surface area contributed by atoms with E-state index in [4.69, 9.17) is 4.74 Å². The first-order chi connectivity index (χ1) is 6.77. The van der Waals surface area contributed by atoms with Gasteiger partial charge in [0.05, 0.1) is 19.3 Å². The molecule has 1 N–H and O–H groups in total. The van der Waals surface area contributed by atoms with Gasteiger partial charge in [0.1, 0.15) is 0 Å². The van der Waals surface area contributed by atoms with Crippen molar-refractivity contribution in [3.63, 3.8) is 0 Å². The highest BCUT2D eigenvalue weighted by molar-refractivity contribution is 5.22. The van der Waals surface area contributed by atoms with Crippen LogP contribution >= 0.6 is 0 Å². The number of hydrogen-bond acceptors (Lipinski definition) is 3. The van der Waals surface area contributed by atoms with Gasteiger partial charge in [-0.3, -0.25) is 0 Å². The first-order valence-corrected chi connectivity index (χ1v) is 4.70. The van der Waals surface area contributed by atoms with Gasteiger partial charge < -0.3 is 10.1 Å². The minimum absolute atomic E-state index is 0.0591. The van der Waals surface area contributed by atoms with E-state index in [2.05, 4.69) is 10.3 Å². The second kappa shape index (κ2) is 4.02. The van der Waals surface area contributed by atoms with Crippen LogP contribution in [0, 0.1) is 12.9 Å². The maximum atomic E-state index is 13.3. The van der Waals surface area contributed by atoms with Crippen LogP contribution in [-0.4, -0.2) is 24.7 Å². The molecule has 0 aliphatic carbocycles. The number of morpholine rings is 1. The van der Waals surface area contributed by atoms with Crippen LogP contribution in [0.2, 0.25) is 0 Å². The number of pyridine rings is 1. The Bertz CT molecular complexity index is 324.